The number of thiophene rings is 1. The van der Waals surface area contributed by atoms with Crippen LogP contribution in [-0.2, 0) is 11.2 Å². The van der Waals surface area contributed by atoms with Crippen LogP contribution in [0.3, 0.4) is 0 Å². The average molecular weight is 712 g/mol. The predicted octanol–water partition coefficient (Wildman–Crippen LogP) is 7.92. The molecule has 2 aliphatic heterocycles. The highest BCUT2D eigenvalue weighted by molar-refractivity contribution is 7.17. The van der Waals surface area contributed by atoms with Gasteiger partial charge in [-0.15, -0.1) is 11.3 Å². The van der Waals surface area contributed by atoms with Crippen LogP contribution in [0.5, 0.6) is 0 Å². The third-order valence-corrected chi connectivity index (χ3v) is 10.2. The van der Waals surface area contributed by atoms with E-state index in [-0.39, 0.29) is 28.8 Å². The normalized spacial score (nSPS) is 16.5. The lowest BCUT2D eigenvalue weighted by molar-refractivity contribution is 0.0314. The predicted molar refractivity (Wildman–Crippen MR) is 190 cm³/mol. The van der Waals surface area contributed by atoms with Crippen molar-refractivity contribution in [3.05, 3.63) is 124 Å². The number of aromatic nitrogens is 1. The summed E-state index contributed by atoms with van der Waals surface area (Å²) in [7, 11) is 0. The van der Waals surface area contributed by atoms with Gasteiger partial charge in [0.1, 0.15) is 29.0 Å². The summed E-state index contributed by atoms with van der Waals surface area (Å²) < 4.78 is 48.9. The Morgan fingerprint density at radius 1 is 0.941 bits per heavy atom. The van der Waals surface area contributed by atoms with Crippen molar-refractivity contribution in [2.24, 2.45) is 0 Å². The Morgan fingerprint density at radius 2 is 1.73 bits per heavy atom. The second-order valence-electron chi connectivity index (χ2n) is 12.6. The number of benzene rings is 3. The number of fused-ring (bicyclic) bond motifs is 3. The number of nitrogens with zero attached hydrogens (tertiary/aromatic N) is 2. The molecule has 3 amide bonds. The zero-order valence-corrected chi connectivity index (χ0v) is 28.2. The zero-order chi connectivity index (χ0) is 35.7. The second kappa shape index (κ2) is 14.0. The van der Waals surface area contributed by atoms with Gasteiger partial charge in [-0.2, -0.15) is 0 Å². The smallest absolute Gasteiger partial charge is 0.265 e. The molecule has 1 saturated heterocycles. The number of anilines is 4. The van der Waals surface area contributed by atoms with Crippen molar-refractivity contribution in [1.82, 2.24) is 4.98 Å². The molecule has 3 aromatic carbocycles. The maximum Gasteiger partial charge on any atom is 0.265 e. The fourth-order valence-corrected chi connectivity index (χ4v) is 7.40. The summed E-state index contributed by atoms with van der Waals surface area (Å²) in [4.78, 5) is 46.9. The van der Waals surface area contributed by atoms with Gasteiger partial charge in [0.25, 0.3) is 17.7 Å². The molecule has 4 heterocycles. The number of ether oxygens (including phenoxy) is 1. The number of amides is 3. The van der Waals surface area contributed by atoms with Gasteiger partial charge in [-0.25, -0.2) is 18.2 Å². The van der Waals surface area contributed by atoms with E-state index in [1.165, 1.54) is 23.1 Å². The lowest BCUT2D eigenvalue weighted by Crippen LogP contribution is -2.33. The molecule has 13 heteroatoms. The highest BCUT2D eigenvalue weighted by atomic mass is 32.1. The van der Waals surface area contributed by atoms with Crippen molar-refractivity contribution in [2.45, 2.75) is 31.8 Å². The van der Waals surface area contributed by atoms with E-state index >= 15 is 0 Å². The van der Waals surface area contributed by atoms with E-state index in [0.29, 0.717) is 58.3 Å². The van der Waals surface area contributed by atoms with Gasteiger partial charge in [-0.1, -0.05) is 6.07 Å². The molecule has 0 aliphatic carbocycles. The van der Waals surface area contributed by atoms with Gasteiger partial charge in [-0.3, -0.25) is 14.4 Å². The van der Waals surface area contributed by atoms with Crippen LogP contribution in [0.4, 0.5) is 36.1 Å². The Bertz CT molecular complexity index is 2130. The van der Waals surface area contributed by atoms with Gasteiger partial charge in [0, 0.05) is 47.6 Å². The summed E-state index contributed by atoms with van der Waals surface area (Å²) in [6.07, 6.45) is 3.83. The molecule has 3 N–H and O–H groups in total. The van der Waals surface area contributed by atoms with Crippen LogP contribution < -0.4 is 20.9 Å². The minimum absolute atomic E-state index is 0.168. The number of rotatable bonds is 8. The van der Waals surface area contributed by atoms with Gasteiger partial charge in [-0.05, 0) is 105 Å². The van der Waals surface area contributed by atoms with E-state index in [2.05, 4.69) is 20.9 Å². The molecule has 2 aliphatic rings. The van der Waals surface area contributed by atoms with Crippen LogP contribution in [0.25, 0.3) is 10.4 Å². The summed E-state index contributed by atoms with van der Waals surface area (Å²) in [6, 6.07) is 18.8. The van der Waals surface area contributed by atoms with Crippen molar-refractivity contribution in [3.8, 4) is 10.4 Å². The van der Waals surface area contributed by atoms with Crippen LogP contribution in [0.15, 0.2) is 85.1 Å². The zero-order valence-electron chi connectivity index (χ0n) is 27.4. The van der Waals surface area contributed by atoms with E-state index < -0.39 is 29.0 Å². The van der Waals surface area contributed by atoms with Crippen molar-refractivity contribution < 1.29 is 32.3 Å². The van der Waals surface area contributed by atoms with Crippen molar-refractivity contribution in [2.75, 3.05) is 40.5 Å². The summed E-state index contributed by atoms with van der Waals surface area (Å²) >= 11 is 1.09. The number of carbonyl (C=O) groups excluding carboxylic acids is 3. The lowest BCUT2D eigenvalue weighted by Gasteiger charge is -2.24. The maximum atomic E-state index is 14.7. The highest BCUT2D eigenvalue weighted by Gasteiger charge is 2.31. The molecule has 5 aromatic rings. The number of hydrogen-bond donors (Lipinski definition) is 3. The Balaban J connectivity index is 1.07. The van der Waals surface area contributed by atoms with Crippen molar-refractivity contribution >= 4 is 51.9 Å². The summed E-state index contributed by atoms with van der Waals surface area (Å²) in [6.45, 7) is 3.40. The van der Waals surface area contributed by atoms with Crippen LogP contribution in [0.2, 0.25) is 0 Å². The first-order chi connectivity index (χ1) is 24.6. The quantitative estimate of drug-likeness (QED) is 0.151. The van der Waals surface area contributed by atoms with E-state index in [1.807, 2.05) is 6.92 Å². The minimum Gasteiger partial charge on any atom is -0.373 e. The van der Waals surface area contributed by atoms with Crippen LogP contribution in [-0.4, -0.2) is 48.0 Å². The SMILES string of the molecule is CC1(CNc2ncccc2C(=O)Nc2ccc(C(=O)N3CCc4cc(C(=O)Nc5c(F)cccc5F)sc4-c4ccc(F)cc43)cc2)CCCO1. The first kappa shape index (κ1) is 33.9. The molecule has 0 radical (unpaired) electrons. The first-order valence-corrected chi connectivity index (χ1v) is 17.1. The molecule has 0 spiro atoms. The molecule has 0 saturated carbocycles. The lowest BCUT2D eigenvalue weighted by atomic mass is 10.0. The van der Waals surface area contributed by atoms with Crippen LogP contribution >= 0.6 is 11.3 Å². The number of para-hydroxylation sites is 1. The van der Waals surface area contributed by atoms with Gasteiger partial charge < -0.3 is 25.6 Å². The number of pyridine rings is 1. The number of halogens is 3. The third-order valence-electron chi connectivity index (χ3n) is 8.95. The summed E-state index contributed by atoms with van der Waals surface area (Å²) in [5.41, 5.74) is 1.84. The second-order valence-corrected chi connectivity index (χ2v) is 13.6. The molecule has 1 atom stereocenters. The molecule has 1 fully saturated rings. The molecular formula is C38H32F3N5O4S. The minimum atomic E-state index is -0.901. The fraction of sp³-hybridized carbons (Fsp3) is 0.211. The van der Waals surface area contributed by atoms with E-state index in [9.17, 15) is 27.6 Å². The van der Waals surface area contributed by atoms with Crippen molar-refractivity contribution in [3.63, 3.8) is 0 Å². The number of nitrogens with one attached hydrogen (secondary N) is 3. The topological polar surface area (TPSA) is 113 Å². The van der Waals surface area contributed by atoms with Gasteiger partial charge in [0.05, 0.1) is 21.7 Å². The van der Waals surface area contributed by atoms with E-state index in [1.54, 1.807) is 54.7 Å². The maximum absolute atomic E-state index is 14.7. The molecular weight excluding hydrogens is 680 g/mol. The molecule has 9 nitrogen and oxygen atoms in total. The molecule has 51 heavy (non-hydrogen) atoms. The number of hydrogen-bond acceptors (Lipinski definition) is 7. The van der Waals surface area contributed by atoms with Crippen molar-refractivity contribution in [1.29, 1.82) is 0 Å². The van der Waals surface area contributed by atoms with Gasteiger partial charge in [0.15, 0.2) is 0 Å². The molecule has 7 rings (SSSR count). The summed E-state index contributed by atoms with van der Waals surface area (Å²) in [5.74, 6) is -3.37. The Morgan fingerprint density at radius 3 is 2.47 bits per heavy atom. The Labute approximate surface area is 295 Å². The average Bonchev–Trinajstić information content (AvgIpc) is 3.73. The fourth-order valence-electron chi connectivity index (χ4n) is 6.26. The van der Waals surface area contributed by atoms with Gasteiger partial charge >= 0.3 is 0 Å². The van der Waals surface area contributed by atoms with Crippen LogP contribution in [0, 0.1) is 17.5 Å². The highest BCUT2D eigenvalue weighted by Crippen LogP contribution is 2.42. The first-order valence-electron chi connectivity index (χ1n) is 16.3. The summed E-state index contributed by atoms with van der Waals surface area (Å²) in [5, 5.41) is 8.41. The molecule has 2 aromatic heterocycles. The Hall–Kier alpha value is -5.53. The number of carbonyl (C=O) groups is 3. The molecule has 260 valence electrons. The van der Waals surface area contributed by atoms with E-state index in [4.69, 9.17) is 4.74 Å². The standard InChI is InChI=1S/C38H32F3N5O4S/c1-38(15-4-18-50-38)21-43-34-27(5-3-16-42-34)35(47)44-25-11-8-22(9-12-25)37(49)46-17-14-23-19-31(36(48)45-32-28(40)6-2-7-29(32)41)51-33(23)26-13-10-24(39)20-30(26)46/h2-3,5-13,16,19-20H,4,14-15,17-18,21H2,1H3,(H,42,43)(H,44,47)(H,45,48). The molecule has 0 bridgehead atoms. The van der Waals surface area contributed by atoms with E-state index in [0.717, 1.165) is 41.9 Å². The molecule has 1 unspecified atom stereocenters. The van der Waals surface area contributed by atoms with Gasteiger partial charge in [0.2, 0.25) is 0 Å². The van der Waals surface area contributed by atoms with Crippen LogP contribution in [0.1, 0.15) is 55.7 Å². The Kier molecular flexibility index (Phi) is 9.32. The third kappa shape index (κ3) is 7.08. The largest absolute Gasteiger partial charge is 0.373 e. The monoisotopic (exact) mass is 711 g/mol.